The summed E-state index contributed by atoms with van der Waals surface area (Å²) >= 11 is 0. The summed E-state index contributed by atoms with van der Waals surface area (Å²) in [6.07, 6.45) is 6.70. The van der Waals surface area contributed by atoms with Gasteiger partial charge in [-0.15, -0.1) is 0 Å². The average molecular weight is 260 g/mol. The Morgan fingerprint density at radius 3 is 3.26 bits per heavy atom. The summed E-state index contributed by atoms with van der Waals surface area (Å²) in [5.41, 5.74) is 1.64. The van der Waals surface area contributed by atoms with Crippen molar-refractivity contribution >= 4 is 11.2 Å². The van der Waals surface area contributed by atoms with E-state index in [2.05, 4.69) is 20.3 Å². The lowest BCUT2D eigenvalue weighted by atomic mass is 9.95. The Balaban J connectivity index is 1.44. The molecule has 0 aliphatic carbocycles. The Morgan fingerprint density at radius 2 is 2.42 bits per heavy atom. The molecule has 0 spiro atoms. The molecule has 102 valence electrons. The first-order chi connectivity index (χ1) is 9.42. The van der Waals surface area contributed by atoms with Crippen LogP contribution >= 0.6 is 0 Å². The number of aromatic nitrogens is 3. The topological polar surface area (TPSA) is 62.8 Å². The van der Waals surface area contributed by atoms with Gasteiger partial charge in [-0.2, -0.15) is 4.98 Å². The Bertz CT molecular complexity index is 486. The lowest BCUT2D eigenvalue weighted by molar-refractivity contribution is 0.262. The Kier molecular flexibility index (Phi) is 3.93. The van der Waals surface area contributed by atoms with E-state index in [0.717, 1.165) is 31.0 Å². The normalized spacial score (nSPS) is 19.7. The van der Waals surface area contributed by atoms with Crippen LogP contribution in [0.1, 0.15) is 25.7 Å². The van der Waals surface area contributed by atoms with Crippen molar-refractivity contribution in [2.24, 2.45) is 5.92 Å². The van der Waals surface area contributed by atoms with Gasteiger partial charge in [-0.3, -0.25) is 0 Å². The van der Waals surface area contributed by atoms with Crippen LogP contribution < -0.4 is 10.1 Å². The van der Waals surface area contributed by atoms with Crippen LogP contribution in [0, 0.1) is 5.92 Å². The highest BCUT2D eigenvalue weighted by molar-refractivity contribution is 5.70. The summed E-state index contributed by atoms with van der Waals surface area (Å²) in [7, 11) is 0. The summed E-state index contributed by atoms with van der Waals surface area (Å²) in [6, 6.07) is 4.42. The van der Waals surface area contributed by atoms with Crippen LogP contribution in [0.25, 0.3) is 11.2 Å². The summed E-state index contributed by atoms with van der Waals surface area (Å²) < 4.78 is 5.65. The van der Waals surface area contributed by atoms with Crippen molar-refractivity contribution in [3.8, 4) is 6.01 Å². The largest absolute Gasteiger partial charge is 0.465 e. The molecular weight excluding hydrogens is 240 g/mol. The highest BCUT2D eigenvalue weighted by Crippen LogP contribution is 2.17. The average Bonchev–Trinajstić information content (AvgIpc) is 2.87. The van der Waals surface area contributed by atoms with E-state index in [1.165, 1.54) is 25.8 Å². The van der Waals surface area contributed by atoms with Gasteiger partial charge in [0.25, 0.3) is 6.01 Å². The van der Waals surface area contributed by atoms with Gasteiger partial charge < -0.3 is 15.0 Å². The minimum absolute atomic E-state index is 0.579. The predicted octanol–water partition coefficient (Wildman–Crippen LogP) is 2.12. The number of pyridine rings is 1. The van der Waals surface area contributed by atoms with Gasteiger partial charge in [-0.05, 0) is 56.8 Å². The molecule has 2 aromatic rings. The quantitative estimate of drug-likeness (QED) is 0.808. The summed E-state index contributed by atoms with van der Waals surface area (Å²) in [5, 5.41) is 3.44. The molecule has 0 radical (unpaired) electrons. The zero-order valence-corrected chi connectivity index (χ0v) is 11.1. The van der Waals surface area contributed by atoms with Crippen LogP contribution in [0.4, 0.5) is 0 Å². The molecule has 1 aliphatic heterocycles. The molecule has 5 nitrogen and oxygen atoms in total. The molecule has 1 fully saturated rings. The van der Waals surface area contributed by atoms with E-state index in [0.29, 0.717) is 11.7 Å². The van der Waals surface area contributed by atoms with Crippen LogP contribution in [0.15, 0.2) is 18.3 Å². The third kappa shape index (κ3) is 3.23. The molecule has 3 heterocycles. The fraction of sp³-hybridized carbons (Fsp3) is 0.571. The standard InChI is InChI=1S/C14H20N4O/c1-4-11(10-15-7-1)5-3-9-19-14-17-12-6-2-8-16-13(12)18-14/h2,6,8,11,15H,1,3-5,7,9-10H2,(H,16,17,18)/t11-/m0/s1. The van der Waals surface area contributed by atoms with Gasteiger partial charge in [0, 0.05) is 6.20 Å². The Labute approximate surface area is 112 Å². The number of nitrogens with one attached hydrogen (secondary N) is 2. The maximum Gasteiger partial charge on any atom is 0.296 e. The number of nitrogens with zero attached hydrogens (tertiary/aromatic N) is 2. The Morgan fingerprint density at radius 1 is 1.42 bits per heavy atom. The van der Waals surface area contributed by atoms with Crippen LogP contribution in [-0.4, -0.2) is 34.6 Å². The van der Waals surface area contributed by atoms with Crippen molar-refractivity contribution in [2.75, 3.05) is 19.7 Å². The van der Waals surface area contributed by atoms with Gasteiger partial charge in [0.15, 0.2) is 5.65 Å². The number of hydrogen-bond donors (Lipinski definition) is 2. The van der Waals surface area contributed by atoms with Crippen LogP contribution in [-0.2, 0) is 0 Å². The zero-order chi connectivity index (χ0) is 12.9. The minimum Gasteiger partial charge on any atom is -0.465 e. The van der Waals surface area contributed by atoms with Gasteiger partial charge in [-0.1, -0.05) is 0 Å². The van der Waals surface area contributed by atoms with E-state index in [-0.39, 0.29) is 0 Å². The molecule has 19 heavy (non-hydrogen) atoms. The van der Waals surface area contributed by atoms with Crippen LogP contribution in [0.5, 0.6) is 6.01 Å². The number of aromatic amines is 1. The Hall–Kier alpha value is -1.62. The molecule has 2 N–H and O–H groups in total. The smallest absolute Gasteiger partial charge is 0.296 e. The number of hydrogen-bond acceptors (Lipinski definition) is 4. The zero-order valence-electron chi connectivity index (χ0n) is 11.1. The van der Waals surface area contributed by atoms with Crippen molar-refractivity contribution in [1.29, 1.82) is 0 Å². The van der Waals surface area contributed by atoms with E-state index in [1.54, 1.807) is 6.20 Å². The molecule has 1 aliphatic rings. The van der Waals surface area contributed by atoms with Crippen molar-refractivity contribution in [3.05, 3.63) is 18.3 Å². The van der Waals surface area contributed by atoms with E-state index in [4.69, 9.17) is 4.74 Å². The molecule has 1 atom stereocenters. The number of ether oxygens (including phenoxy) is 1. The van der Waals surface area contributed by atoms with Crippen molar-refractivity contribution in [1.82, 2.24) is 20.3 Å². The molecule has 0 unspecified atom stereocenters. The number of imidazole rings is 1. The highest BCUT2D eigenvalue weighted by Gasteiger charge is 2.12. The van der Waals surface area contributed by atoms with Crippen molar-refractivity contribution < 1.29 is 4.74 Å². The van der Waals surface area contributed by atoms with Gasteiger partial charge in [0.1, 0.15) is 0 Å². The molecule has 0 bridgehead atoms. The fourth-order valence-electron chi connectivity index (χ4n) is 2.60. The first-order valence-electron chi connectivity index (χ1n) is 7.06. The first-order valence-corrected chi connectivity index (χ1v) is 7.06. The van der Waals surface area contributed by atoms with E-state index in [1.807, 2.05) is 12.1 Å². The van der Waals surface area contributed by atoms with Gasteiger partial charge >= 0.3 is 0 Å². The maximum atomic E-state index is 5.65. The lowest BCUT2D eigenvalue weighted by Gasteiger charge is -2.22. The maximum absolute atomic E-state index is 5.65. The third-order valence-electron chi connectivity index (χ3n) is 3.63. The lowest BCUT2D eigenvalue weighted by Crippen LogP contribution is -2.29. The minimum atomic E-state index is 0.579. The molecule has 3 rings (SSSR count). The number of fused-ring (bicyclic) bond motifs is 1. The molecule has 5 heteroatoms. The molecule has 0 aromatic carbocycles. The van der Waals surface area contributed by atoms with Gasteiger partial charge in [0.05, 0.1) is 12.1 Å². The number of rotatable bonds is 5. The summed E-state index contributed by atoms with van der Waals surface area (Å²) in [4.78, 5) is 11.6. The summed E-state index contributed by atoms with van der Waals surface area (Å²) in [6.45, 7) is 3.06. The highest BCUT2D eigenvalue weighted by atomic mass is 16.5. The first kappa shape index (κ1) is 12.4. The van der Waals surface area contributed by atoms with Crippen LogP contribution in [0.2, 0.25) is 0 Å². The molecule has 0 amide bonds. The molecule has 0 saturated carbocycles. The monoisotopic (exact) mass is 260 g/mol. The van der Waals surface area contributed by atoms with Crippen molar-refractivity contribution in [2.45, 2.75) is 25.7 Å². The molecular formula is C14H20N4O. The molecule has 2 aromatic heterocycles. The summed E-state index contributed by atoms with van der Waals surface area (Å²) in [5.74, 6) is 0.815. The van der Waals surface area contributed by atoms with Crippen LogP contribution in [0.3, 0.4) is 0 Å². The van der Waals surface area contributed by atoms with Gasteiger partial charge in [-0.25, -0.2) is 4.98 Å². The second-order valence-corrected chi connectivity index (χ2v) is 5.12. The second kappa shape index (κ2) is 6.02. The number of H-pyrrole nitrogens is 1. The predicted molar refractivity (Wildman–Crippen MR) is 74.2 cm³/mol. The molecule has 1 saturated heterocycles. The fourth-order valence-corrected chi connectivity index (χ4v) is 2.60. The second-order valence-electron chi connectivity index (χ2n) is 5.12. The SMILES string of the molecule is c1cnc2nc(OCCC[C@@H]3CCCNC3)[nH]c2c1. The number of piperidine rings is 1. The van der Waals surface area contributed by atoms with E-state index in [9.17, 15) is 0 Å². The van der Waals surface area contributed by atoms with Gasteiger partial charge in [0.2, 0.25) is 0 Å². The van der Waals surface area contributed by atoms with E-state index >= 15 is 0 Å². The van der Waals surface area contributed by atoms with E-state index < -0.39 is 0 Å². The van der Waals surface area contributed by atoms with Crippen molar-refractivity contribution in [3.63, 3.8) is 0 Å². The third-order valence-corrected chi connectivity index (χ3v) is 3.63.